The minimum Gasteiger partial charge on any atom is -0.462 e. The Hall–Kier alpha value is -3.93. The van der Waals surface area contributed by atoms with E-state index in [0.717, 1.165) is 89.9 Å². The molecule has 0 aliphatic rings. The van der Waals surface area contributed by atoms with Crippen LogP contribution in [0.25, 0.3) is 0 Å². The summed E-state index contributed by atoms with van der Waals surface area (Å²) in [5, 5.41) is 0. The van der Waals surface area contributed by atoms with Crippen molar-refractivity contribution in [2.24, 2.45) is 0 Å². The van der Waals surface area contributed by atoms with Crippen molar-refractivity contribution in [3.63, 3.8) is 0 Å². The van der Waals surface area contributed by atoms with Crippen molar-refractivity contribution in [2.45, 2.75) is 258 Å². The van der Waals surface area contributed by atoms with Gasteiger partial charge in [-0.2, -0.15) is 0 Å². The number of allylic oxidation sites excluding steroid dienone is 18. The molecule has 0 unspecified atom stereocenters. The molecule has 1 atom stereocenters. The van der Waals surface area contributed by atoms with Crippen LogP contribution in [0.3, 0.4) is 0 Å². The van der Waals surface area contributed by atoms with Crippen LogP contribution in [0.2, 0.25) is 0 Å². The summed E-state index contributed by atoms with van der Waals surface area (Å²) in [6, 6.07) is 0. The number of carbonyl (C=O) groups is 3. The lowest BCUT2D eigenvalue weighted by Crippen LogP contribution is -2.30. The van der Waals surface area contributed by atoms with Gasteiger partial charge in [0.15, 0.2) is 6.10 Å². The average Bonchev–Trinajstić information content (AvgIpc) is 3.35. The van der Waals surface area contributed by atoms with Gasteiger partial charge in [-0.25, -0.2) is 0 Å². The molecule has 0 aromatic carbocycles. The predicted molar refractivity (Wildman–Crippen MR) is 297 cm³/mol. The Balaban J connectivity index is 4.52. The minimum atomic E-state index is -0.816. The molecule has 0 spiro atoms. The number of carbonyl (C=O) groups excluding carboxylic acids is 3. The zero-order chi connectivity index (χ0) is 50.0. The standard InChI is InChI=1S/C63H104O6/c1-4-7-10-13-16-19-22-25-28-30-31-33-36-38-41-44-47-50-53-56-62(65)68-59-60(69-63(66)57-54-51-48-45-42-39-34-27-24-21-18-15-12-9-6-3)58-67-61(64)55-52-49-46-43-40-37-35-32-29-26-23-20-17-14-11-8-5-2/h7,10,16-17,19-21,24-26,28-29,31,33,38,41,47,50,60H,4-6,8-9,11-15,18,22-23,27,30,32,34-37,39-40,42-46,48-49,51-59H2,1-3H3/b10-7-,19-16-,20-17-,24-21-,28-25-,29-26-,33-31-,41-38-,50-47-/t60-/m0/s1. The lowest BCUT2D eigenvalue weighted by atomic mass is 10.1. The van der Waals surface area contributed by atoms with Crippen LogP contribution in [0.4, 0.5) is 0 Å². The summed E-state index contributed by atoms with van der Waals surface area (Å²) in [4.78, 5) is 38.1. The molecule has 69 heavy (non-hydrogen) atoms. The predicted octanol–water partition coefficient (Wildman–Crippen LogP) is 19.1. The number of hydrogen-bond donors (Lipinski definition) is 0. The second-order valence-corrected chi connectivity index (χ2v) is 18.5. The molecule has 0 aromatic rings. The van der Waals surface area contributed by atoms with E-state index in [1.165, 1.54) is 116 Å². The molecule has 392 valence electrons. The highest BCUT2D eigenvalue weighted by Crippen LogP contribution is 2.14. The zero-order valence-electron chi connectivity index (χ0n) is 44.8. The van der Waals surface area contributed by atoms with Crippen LogP contribution in [0.1, 0.15) is 252 Å². The third kappa shape index (κ3) is 54.9. The molecular weight excluding hydrogens is 853 g/mol. The van der Waals surface area contributed by atoms with Crippen LogP contribution in [0, 0.1) is 0 Å². The van der Waals surface area contributed by atoms with E-state index in [1.54, 1.807) is 0 Å². The Morgan fingerprint density at radius 2 is 0.594 bits per heavy atom. The van der Waals surface area contributed by atoms with Crippen LogP contribution in [0.15, 0.2) is 109 Å². The van der Waals surface area contributed by atoms with Gasteiger partial charge in [0.25, 0.3) is 0 Å². The Morgan fingerprint density at radius 1 is 0.304 bits per heavy atom. The molecule has 0 fully saturated rings. The first kappa shape index (κ1) is 65.1. The maximum Gasteiger partial charge on any atom is 0.306 e. The number of hydrogen-bond acceptors (Lipinski definition) is 6. The number of unbranched alkanes of at least 4 members (excludes halogenated alkanes) is 21. The fourth-order valence-corrected chi connectivity index (χ4v) is 7.49. The molecule has 0 amide bonds. The molecule has 0 saturated carbocycles. The summed E-state index contributed by atoms with van der Waals surface area (Å²) in [5.74, 6) is -1.01. The van der Waals surface area contributed by atoms with Crippen LogP contribution in [0.5, 0.6) is 0 Å². The van der Waals surface area contributed by atoms with E-state index >= 15 is 0 Å². The number of ether oxygens (including phenoxy) is 3. The minimum absolute atomic E-state index is 0.108. The van der Waals surface area contributed by atoms with Gasteiger partial charge in [0.1, 0.15) is 13.2 Å². The van der Waals surface area contributed by atoms with Crippen LogP contribution >= 0.6 is 0 Å². The van der Waals surface area contributed by atoms with Crippen LogP contribution < -0.4 is 0 Å². The molecule has 6 nitrogen and oxygen atoms in total. The number of esters is 3. The lowest BCUT2D eigenvalue weighted by Gasteiger charge is -2.18. The van der Waals surface area contributed by atoms with Crippen LogP contribution in [-0.4, -0.2) is 37.2 Å². The van der Waals surface area contributed by atoms with Crippen LogP contribution in [-0.2, 0) is 28.6 Å². The van der Waals surface area contributed by atoms with Gasteiger partial charge >= 0.3 is 17.9 Å². The molecule has 0 radical (unpaired) electrons. The molecule has 0 aromatic heterocycles. The molecule has 0 bridgehead atoms. The van der Waals surface area contributed by atoms with E-state index in [-0.39, 0.29) is 37.5 Å². The van der Waals surface area contributed by atoms with Gasteiger partial charge in [-0.05, 0) is 116 Å². The summed E-state index contributed by atoms with van der Waals surface area (Å²) in [7, 11) is 0. The molecule has 0 rings (SSSR count). The Morgan fingerprint density at radius 3 is 1.01 bits per heavy atom. The zero-order valence-corrected chi connectivity index (χ0v) is 44.8. The largest absolute Gasteiger partial charge is 0.462 e. The third-order valence-electron chi connectivity index (χ3n) is 11.7. The topological polar surface area (TPSA) is 78.9 Å². The van der Waals surface area contributed by atoms with E-state index in [2.05, 4.69) is 124 Å². The normalized spacial score (nSPS) is 12.9. The molecule has 0 heterocycles. The van der Waals surface area contributed by atoms with Gasteiger partial charge in [0, 0.05) is 19.3 Å². The monoisotopic (exact) mass is 957 g/mol. The summed E-state index contributed by atoms with van der Waals surface area (Å²) in [6.45, 7) is 6.41. The number of rotatable bonds is 50. The van der Waals surface area contributed by atoms with E-state index in [4.69, 9.17) is 14.2 Å². The van der Waals surface area contributed by atoms with Crippen molar-refractivity contribution in [1.82, 2.24) is 0 Å². The van der Waals surface area contributed by atoms with Gasteiger partial charge in [0.05, 0.1) is 0 Å². The smallest absolute Gasteiger partial charge is 0.306 e. The molecule has 6 heteroatoms. The summed E-state index contributed by atoms with van der Waals surface area (Å²) in [6.07, 6.45) is 76.5. The fourth-order valence-electron chi connectivity index (χ4n) is 7.49. The maximum atomic E-state index is 12.8. The van der Waals surface area contributed by atoms with E-state index in [9.17, 15) is 14.4 Å². The second kappa shape index (κ2) is 56.7. The van der Waals surface area contributed by atoms with E-state index in [0.29, 0.717) is 19.3 Å². The van der Waals surface area contributed by atoms with Gasteiger partial charge in [0.2, 0.25) is 0 Å². The SMILES string of the molecule is CC/C=C\C/C=C\C/C=C\C/C=C\C/C=C\C/C=C\CCC(=O)OC[C@H](COC(=O)CCCCCCCCC/C=C\C/C=C\CCCCC)OC(=O)CCCCCCCCC/C=C\CCCCCC. The van der Waals surface area contributed by atoms with Crippen molar-refractivity contribution in [1.29, 1.82) is 0 Å². The van der Waals surface area contributed by atoms with E-state index < -0.39 is 6.10 Å². The first-order valence-corrected chi connectivity index (χ1v) is 28.4. The first-order valence-electron chi connectivity index (χ1n) is 28.4. The molecule has 0 saturated heterocycles. The van der Waals surface area contributed by atoms with Crippen molar-refractivity contribution >= 4 is 17.9 Å². The highest BCUT2D eigenvalue weighted by Gasteiger charge is 2.19. The fraction of sp³-hybridized carbons (Fsp3) is 0.667. The lowest BCUT2D eigenvalue weighted by molar-refractivity contribution is -0.166. The molecule has 0 aliphatic carbocycles. The Bertz CT molecular complexity index is 1420. The molecule has 0 aliphatic heterocycles. The highest BCUT2D eigenvalue weighted by molar-refractivity contribution is 5.71. The second-order valence-electron chi connectivity index (χ2n) is 18.5. The molecular formula is C63H104O6. The van der Waals surface area contributed by atoms with Gasteiger partial charge < -0.3 is 14.2 Å². The van der Waals surface area contributed by atoms with Crippen molar-refractivity contribution in [2.75, 3.05) is 13.2 Å². The van der Waals surface area contributed by atoms with Gasteiger partial charge in [-0.1, -0.05) is 226 Å². The van der Waals surface area contributed by atoms with Crippen molar-refractivity contribution in [3.05, 3.63) is 109 Å². The van der Waals surface area contributed by atoms with Crippen molar-refractivity contribution in [3.8, 4) is 0 Å². The average molecular weight is 958 g/mol. The Labute approximate surface area is 425 Å². The first-order chi connectivity index (χ1) is 34.0. The maximum absolute atomic E-state index is 12.8. The van der Waals surface area contributed by atoms with Gasteiger partial charge in [-0.15, -0.1) is 0 Å². The van der Waals surface area contributed by atoms with Gasteiger partial charge in [-0.3, -0.25) is 14.4 Å². The van der Waals surface area contributed by atoms with Crippen molar-refractivity contribution < 1.29 is 28.6 Å². The highest BCUT2D eigenvalue weighted by atomic mass is 16.6. The quantitative estimate of drug-likeness (QED) is 0.0262. The summed E-state index contributed by atoms with van der Waals surface area (Å²) >= 11 is 0. The summed E-state index contributed by atoms with van der Waals surface area (Å²) in [5.41, 5.74) is 0. The summed E-state index contributed by atoms with van der Waals surface area (Å²) < 4.78 is 16.8. The van der Waals surface area contributed by atoms with E-state index in [1.807, 2.05) is 6.08 Å². The third-order valence-corrected chi connectivity index (χ3v) is 11.7. The Kier molecular flexibility index (Phi) is 53.4. The molecule has 0 N–H and O–H groups in total.